The highest BCUT2D eigenvalue weighted by atomic mass is 16.7. The van der Waals surface area contributed by atoms with E-state index in [0.29, 0.717) is 31.3 Å². The highest BCUT2D eigenvalue weighted by Crippen LogP contribution is 2.35. The van der Waals surface area contributed by atoms with Gasteiger partial charge in [0.2, 0.25) is 12.7 Å². The minimum atomic E-state index is -0.102. The van der Waals surface area contributed by atoms with Gasteiger partial charge in [-0.3, -0.25) is 4.79 Å². The smallest absolute Gasteiger partial charge is 0.238 e. The molecule has 2 aromatic carbocycles. The molecule has 3 rings (SSSR count). The normalized spacial score (nSPS) is 12.0. The third-order valence-corrected chi connectivity index (χ3v) is 3.73. The van der Waals surface area contributed by atoms with Crippen LogP contribution in [0.25, 0.3) is 0 Å². The molecule has 138 valence electrons. The molecule has 7 heteroatoms. The minimum Gasteiger partial charge on any atom is -0.489 e. The lowest BCUT2D eigenvalue weighted by atomic mass is 10.2. The first-order chi connectivity index (χ1) is 12.7. The Balaban J connectivity index is 1.50. The van der Waals surface area contributed by atoms with E-state index in [2.05, 4.69) is 10.6 Å². The molecule has 1 aliphatic rings. The first-order valence-electron chi connectivity index (χ1n) is 8.35. The molecule has 7 nitrogen and oxygen atoms in total. The van der Waals surface area contributed by atoms with Gasteiger partial charge in [-0.25, -0.2) is 0 Å². The van der Waals surface area contributed by atoms with Crippen molar-refractivity contribution in [3.05, 3.63) is 48.0 Å². The lowest BCUT2D eigenvalue weighted by Crippen LogP contribution is -2.30. The van der Waals surface area contributed by atoms with Gasteiger partial charge in [-0.05, 0) is 29.8 Å². The number of amides is 1. The number of rotatable bonds is 9. The van der Waals surface area contributed by atoms with Gasteiger partial charge in [0.25, 0.3) is 0 Å². The molecule has 0 saturated carbocycles. The molecule has 2 N–H and O–H groups in total. The van der Waals surface area contributed by atoms with Crippen LogP contribution in [0.4, 0.5) is 5.69 Å². The Kier molecular flexibility index (Phi) is 6.29. The molecular weight excluding hydrogens is 336 g/mol. The van der Waals surface area contributed by atoms with E-state index >= 15 is 0 Å². The second kappa shape index (κ2) is 9.07. The van der Waals surface area contributed by atoms with E-state index in [9.17, 15) is 4.79 Å². The number of nitrogens with one attached hydrogen (secondary N) is 2. The quantitative estimate of drug-likeness (QED) is 0.669. The van der Waals surface area contributed by atoms with E-state index in [1.165, 1.54) is 0 Å². The lowest BCUT2D eigenvalue weighted by molar-refractivity contribution is -0.115. The minimum absolute atomic E-state index is 0.102. The Morgan fingerprint density at radius 1 is 1.15 bits per heavy atom. The summed E-state index contributed by atoms with van der Waals surface area (Å²) < 4.78 is 21.3. The summed E-state index contributed by atoms with van der Waals surface area (Å²) in [4.78, 5) is 11.9. The molecular formula is C19H22N2O5. The zero-order valence-corrected chi connectivity index (χ0v) is 14.6. The highest BCUT2D eigenvalue weighted by Gasteiger charge is 2.13. The number of fused-ring (bicyclic) bond motifs is 1. The zero-order valence-electron chi connectivity index (χ0n) is 14.6. The van der Waals surface area contributed by atoms with Crippen LogP contribution in [-0.2, 0) is 16.1 Å². The van der Waals surface area contributed by atoms with Crippen molar-refractivity contribution in [3.8, 4) is 17.2 Å². The van der Waals surface area contributed by atoms with Gasteiger partial charge in [0.15, 0.2) is 11.5 Å². The molecule has 0 radical (unpaired) electrons. The van der Waals surface area contributed by atoms with Crippen molar-refractivity contribution >= 4 is 11.6 Å². The van der Waals surface area contributed by atoms with Crippen LogP contribution in [0.2, 0.25) is 0 Å². The summed E-state index contributed by atoms with van der Waals surface area (Å²) in [6.07, 6.45) is 0. The van der Waals surface area contributed by atoms with Gasteiger partial charge < -0.3 is 29.6 Å². The van der Waals surface area contributed by atoms with Gasteiger partial charge >= 0.3 is 0 Å². The van der Waals surface area contributed by atoms with Gasteiger partial charge in [0, 0.05) is 25.4 Å². The van der Waals surface area contributed by atoms with Crippen LogP contribution < -0.4 is 24.8 Å². The topological polar surface area (TPSA) is 78.1 Å². The Labute approximate surface area is 152 Å². The lowest BCUT2D eigenvalue weighted by Gasteiger charge is -2.10. The predicted molar refractivity (Wildman–Crippen MR) is 96.7 cm³/mol. The standard InChI is InChI=1S/C19H22N2O5/c1-23-8-7-20-11-19(22)21-15-4-2-3-14(9-15)12-24-16-5-6-17-18(10-16)26-13-25-17/h2-6,9-10,20H,7-8,11-13H2,1H3,(H,21,22). The fourth-order valence-corrected chi connectivity index (χ4v) is 2.45. The molecule has 0 saturated heterocycles. The molecule has 0 unspecified atom stereocenters. The van der Waals surface area contributed by atoms with E-state index in [1.807, 2.05) is 36.4 Å². The first-order valence-corrected chi connectivity index (χ1v) is 8.35. The van der Waals surface area contributed by atoms with Crippen LogP contribution in [0, 0.1) is 0 Å². The molecule has 0 bridgehead atoms. The monoisotopic (exact) mass is 358 g/mol. The number of ether oxygens (including phenoxy) is 4. The van der Waals surface area contributed by atoms with Crippen LogP contribution in [0.1, 0.15) is 5.56 Å². The molecule has 0 fully saturated rings. The molecule has 26 heavy (non-hydrogen) atoms. The summed E-state index contributed by atoms with van der Waals surface area (Å²) in [7, 11) is 1.62. The molecule has 0 aliphatic carbocycles. The van der Waals surface area contributed by atoms with Crippen molar-refractivity contribution in [1.82, 2.24) is 5.32 Å². The van der Waals surface area contributed by atoms with E-state index < -0.39 is 0 Å². The number of hydrogen-bond donors (Lipinski definition) is 2. The number of anilines is 1. The van der Waals surface area contributed by atoms with E-state index in [1.54, 1.807) is 13.2 Å². The van der Waals surface area contributed by atoms with Crippen LogP contribution >= 0.6 is 0 Å². The van der Waals surface area contributed by atoms with E-state index in [-0.39, 0.29) is 19.2 Å². The third kappa shape index (κ3) is 5.11. The maximum absolute atomic E-state index is 11.9. The number of carbonyl (C=O) groups excluding carboxylic acids is 1. The Morgan fingerprint density at radius 2 is 2.04 bits per heavy atom. The van der Waals surface area contributed by atoms with Crippen molar-refractivity contribution in [2.24, 2.45) is 0 Å². The molecule has 2 aromatic rings. The summed E-state index contributed by atoms with van der Waals surface area (Å²) in [5.74, 6) is 2.01. The van der Waals surface area contributed by atoms with Crippen LogP contribution in [-0.4, -0.2) is 39.5 Å². The van der Waals surface area contributed by atoms with Gasteiger partial charge in [-0.15, -0.1) is 0 Å². The van der Waals surface area contributed by atoms with Gasteiger partial charge in [0.05, 0.1) is 13.2 Å². The molecule has 0 atom stereocenters. The number of benzene rings is 2. The molecule has 1 amide bonds. The van der Waals surface area contributed by atoms with Crippen LogP contribution in [0.3, 0.4) is 0 Å². The number of hydrogen-bond acceptors (Lipinski definition) is 6. The maximum atomic E-state index is 11.9. The second-order valence-electron chi connectivity index (χ2n) is 5.72. The summed E-state index contributed by atoms with van der Waals surface area (Å²) in [5.41, 5.74) is 1.68. The molecule has 1 heterocycles. The van der Waals surface area contributed by atoms with Gasteiger partial charge in [0.1, 0.15) is 12.4 Å². The summed E-state index contributed by atoms with van der Waals surface area (Å²) >= 11 is 0. The summed E-state index contributed by atoms with van der Waals surface area (Å²) in [5, 5.41) is 5.86. The first kappa shape index (κ1) is 18.0. The second-order valence-corrected chi connectivity index (χ2v) is 5.72. The van der Waals surface area contributed by atoms with Crippen molar-refractivity contribution in [2.45, 2.75) is 6.61 Å². The van der Waals surface area contributed by atoms with Crippen molar-refractivity contribution in [1.29, 1.82) is 0 Å². The summed E-state index contributed by atoms with van der Waals surface area (Å²) in [6, 6.07) is 13.0. The van der Waals surface area contributed by atoms with Crippen molar-refractivity contribution in [2.75, 3.05) is 38.9 Å². The SMILES string of the molecule is COCCNCC(=O)Nc1cccc(COc2ccc3c(c2)OCO3)c1. The zero-order chi connectivity index (χ0) is 18.2. The fourth-order valence-electron chi connectivity index (χ4n) is 2.45. The molecule has 1 aliphatic heterocycles. The third-order valence-electron chi connectivity index (χ3n) is 3.73. The Morgan fingerprint density at radius 3 is 2.92 bits per heavy atom. The van der Waals surface area contributed by atoms with Crippen molar-refractivity contribution in [3.63, 3.8) is 0 Å². The van der Waals surface area contributed by atoms with Crippen LogP contribution in [0.5, 0.6) is 17.2 Å². The fraction of sp³-hybridized carbons (Fsp3) is 0.316. The Hall–Kier alpha value is -2.77. The summed E-state index contributed by atoms with van der Waals surface area (Å²) in [6.45, 7) is 2.06. The molecule has 0 spiro atoms. The number of carbonyl (C=O) groups is 1. The average Bonchev–Trinajstić information content (AvgIpc) is 3.12. The average molecular weight is 358 g/mol. The Bertz CT molecular complexity index is 750. The van der Waals surface area contributed by atoms with Crippen LogP contribution in [0.15, 0.2) is 42.5 Å². The number of methoxy groups -OCH3 is 1. The maximum Gasteiger partial charge on any atom is 0.238 e. The molecule has 0 aromatic heterocycles. The van der Waals surface area contributed by atoms with Gasteiger partial charge in [-0.2, -0.15) is 0 Å². The van der Waals surface area contributed by atoms with E-state index in [0.717, 1.165) is 17.0 Å². The van der Waals surface area contributed by atoms with E-state index in [4.69, 9.17) is 18.9 Å². The highest BCUT2D eigenvalue weighted by molar-refractivity contribution is 5.92. The van der Waals surface area contributed by atoms with Gasteiger partial charge in [-0.1, -0.05) is 12.1 Å². The largest absolute Gasteiger partial charge is 0.489 e. The van der Waals surface area contributed by atoms with Crippen molar-refractivity contribution < 1.29 is 23.7 Å². The predicted octanol–water partition coefficient (Wildman–Crippen LogP) is 2.17.